The molecule has 0 saturated carbocycles. The maximum Gasteiger partial charge on any atom is 0.410 e. The number of nitrogens with one attached hydrogen (secondary N) is 1. The third-order valence-corrected chi connectivity index (χ3v) is 18.5. The zero-order valence-corrected chi connectivity index (χ0v) is 40.8. The SMILES string of the molecule is Cc1ncsc1-c1ccc([C@H](C)NC(=O)[C@@H]2C[C@@H](O[Si](c3ccccc3)(c3ccccc3)C(C)(C)C)CN2C(=O)[C@H](c2cc(N3CCN(C(=O)OC(C)(C)C)CC3)no2)C(C)C)cc1. The number of nitrogens with zero attached hydrogens (tertiary/aromatic N) is 5. The molecule has 2 aliphatic heterocycles. The van der Waals surface area contributed by atoms with Gasteiger partial charge < -0.3 is 33.7 Å². The highest BCUT2D eigenvalue weighted by Gasteiger charge is 2.54. The molecule has 1 N–H and O–H groups in total. The van der Waals surface area contributed by atoms with Gasteiger partial charge in [0.25, 0.3) is 8.32 Å². The second-order valence-corrected chi connectivity index (χ2v) is 24.6. The van der Waals surface area contributed by atoms with Gasteiger partial charge in [-0.15, -0.1) is 11.3 Å². The number of carbonyl (C=O) groups excluding carboxylic acids is 3. The zero-order chi connectivity index (χ0) is 46.0. The Labute approximate surface area is 383 Å². The van der Waals surface area contributed by atoms with Gasteiger partial charge in [0.15, 0.2) is 11.6 Å². The van der Waals surface area contributed by atoms with E-state index < -0.39 is 32.0 Å². The van der Waals surface area contributed by atoms with Crippen molar-refractivity contribution < 1.29 is 28.1 Å². The minimum absolute atomic E-state index is 0.183. The Morgan fingerprint density at radius 2 is 1.47 bits per heavy atom. The van der Waals surface area contributed by atoms with Crippen LogP contribution >= 0.6 is 11.3 Å². The molecule has 0 radical (unpaired) electrons. The molecule has 0 unspecified atom stereocenters. The van der Waals surface area contributed by atoms with Crippen LogP contribution in [-0.2, 0) is 18.8 Å². The number of anilines is 1. The minimum atomic E-state index is -3.05. The molecular formula is C50H64N6O6SSi. The zero-order valence-electron chi connectivity index (χ0n) is 39.0. The average Bonchev–Trinajstić information content (AvgIpc) is 4.03. The van der Waals surface area contributed by atoms with Crippen molar-refractivity contribution in [1.82, 2.24) is 25.3 Å². The molecular weight excluding hydrogens is 841 g/mol. The number of piperazine rings is 1. The van der Waals surface area contributed by atoms with Gasteiger partial charge in [0.05, 0.1) is 28.2 Å². The number of benzene rings is 3. The summed E-state index contributed by atoms with van der Waals surface area (Å²) in [6, 6.07) is 29.8. The molecule has 340 valence electrons. The number of rotatable bonds is 12. The van der Waals surface area contributed by atoms with E-state index in [1.807, 2.05) is 84.3 Å². The van der Waals surface area contributed by atoms with Crippen molar-refractivity contribution in [2.75, 3.05) is 37.6 Å². The van der Waals surface area contributed by atoms with Crippen LogP contribution in [0.2, 0.25) is 5.04 Å². The van der Waals surface area contributed by atoms with Crippen LogP contribution in [0, 0.1) is 12.8 Å². The van der Waals surface area contributed by atoms with Crippen LogP contribution < -0.4 is 20.6 Å². The van der Waals surface area contributed by atoms with E-state index in [9.17, 15) is 9.59 Å². The van der Waals surface area contributed by atoms with Crippen LogP contribution in [0.3, 0.4) is 0 Å². The fraction of sp³-hybridized carbons (Fsp3) is 0.460. The summed E-state index contributed by atoms with van der Waals surface area (Å²) in [4.78, 5) is 53.8. The van der Waals surface area contributed by atoms with Crippen molar-refractivity contribution in [2.24, 2.45) is 5.92 Å². The van der Waals surface area contributed by atoms with Gasteiger partial charge in [0.2, 0.25) is 11.8 Å². The number of ether oxygens (including phenoxy) is 1. The van der Waals surface area contributed by atoms with Crippen LogP contribution in [-0.4, -0.2) is 96.6 Å². The number of carbonyl (C=O) groups is 3. The lowest BCUT2D eigenvalue weighted by Crippen LogP contribution is -2.67. The molecule has 7 rings (SSSR count). The monoisotopic (exact) mass is 904 g/mol. The van der Waals surface area contributed by atoms with E-state index in [0.29, 0.717) is 44.2 Å². The summed E-state index contributed by atoms with van der Waals surface area (Å²) < 4.78 is 19.2. The maximum atomic E-state index is 15.2. The quantitative estimate of drug-likeness (QED) is 0.123. The van der Waals surface area contributed by atoms with Gasteiger partial charge >= 0.3 is 6.09 Å². The molecule has 2 aromatic heterocycles. The molecule has 0 aliphatic carbocycles. The molecule has 5 aromatic rings. The average molecular weight is 905 g/mol. The Balaban J connectivity index is 1.17. The molecule has 4 atom stereocenters. The summed E-state index contributed by atoms with van der Waals surface area (Å²) in [6.07, 6.45) is -0.455. The van der Waals surface area contributed by atoms with E-state index in [1.165, 1.54) is 0 Å². The fourth-order valence-corrected chi connectivity index (χ4v) is 14.6. The number of aromatic nitrogens is 2. The van der Waals surface area contributed by atoms with Crippen molar-refractivity contribution >= 4 is 53.8 Å². The van der Waals surface area contributed by atoms with E-state index in [4.69, 9.17) is 13.7 Å². The second kappa shape index (κ2) is 19.0. The van der Waals surface area contributed by atoms with E-state index in [1.54, 1.807) is 21.1 Å². The molecule has 64 heavy (non-hydrogen) atoms. The van der Waals surface area contributed by atoms with Crippen LogP contribution in [0.1, 0.15) is 97.7 Å². The van der Waals surface area contributed by atoms with Crippen LogP contribution in [0.5, 0.6) is 0 Å². The van der Waals surface area contributed by atoms with Gasteiger partial charge in [0, 0.05) is 45.2 Å². The normalized spacial score (nSPS) is 18.3. The first-order chi connectivity index (χ1) is 30.4. The van der Waals surface area contributed by atoms with Gasteiger partial charge in [-0.1, -0.05) is 125 Å². The number of hydrogen-bond donors (Lipinski definition) is 1. The molecule has 3 aromatic carbocycles. The first-order valence-electron chi connectivity index (χ1n) is 22.5. The number of aryl methyl sites for hydroxylation is 1. The molecule has 4 heterocycles. The van der Waals surface area contributed by atoms with E-state index in [-0.39, 0.29) is 41.5 Å². The fourth-order valence-electron chi connectivity index (χ4n) is 9.14. The molecule has 12 nitrogen and oxygen atoms in total. The summed E-state index contributed by atoms with van der Waals surface area (Å²) in [5.74, 6) is -0.307. The predicted molar refractivity (Wildman–Crippen MR) is 256 cm³/mol. The van der Waals surface area contributed by atoms with Crippen molar-refractivity contribution in [3.05, 3.63) is 114 Å². The molecule has 3 amide bonds. The van der Waals surface area contributed by atoms with Crippen molar-refractivity contribution in [3.63, 3.8) is 0 Å². The summed E-state index contributed by atoms with van der Waals surface area (Å²) >= 11 is 1.61. The standard InChI is InChI=1S/C50H64N6O6SSi/c1-33(2)44(42-30-43(53-61-42)54-25-27-55(28-26-54)48(59)60-49(5,6)7)47(58)56-31-38(62-64(50(8,9)10,39-17-13-11-14-18-39)40-19-15-12-16-20-40)29-41(56)46(57)52-34(3)36-21-23-37(24-22-36)45-35(4)51-32-63-45/h11-24,30,32-34,38,41,44H,25-29,31H2,1-10H3,(H,52,57)/t34-,38+,41-,44-/m0/s1. The van der Waals surface area contributed by atoms with Gasteiger partial charge in [-0.05, 0) is 67.1 Å². The van der Waals surface area contributed by atoms with E-state index >= 15 is 4.79 Å². The smallest absolute Gasteiger partial charge is 0.410 e. The molecule has 2 fully saturated rings. The predicted octanol–water partition coefficient (Wildman–Crippen LogP) is 8.33. The highest BCUT2D eigenvalue weighted by atomic mass is 32.1. The molecule has 2 saturated heterocycles. The summed E-state index contributed by atoms with van der Waals surface area (Å²) in [5.41, 5.74) is 4.29. The van der Waals surface area contributed by atoms with Crippen LogP contribution in [0.15, 0.2) is 101 Å². The van der Waals surface area contributed by atoms with Crippen molar-refractivity contribution in [3.8, 4) is 10.4 Å². The van der Waals surface area contributed by atoms with Gasteiger partial charge in [0.1, 0.15) is 17.6 Å². The number of hydrogen-bond acceptors (Lipinski definition) is 10. The Morgan fingerprint density at radius 3 is 2.00 bits per heavy atom. The highest BCUT2D eigenvalue weighted by Crippen LogP contribution is 2.40. The lowest BCUT2D eigenvalue weighted by atomic mass is 9.91. The van der Waals surface area contributed by atoms with Crippen molar-refractivity contribution in [1.29, 1.82) is 0 Å². The molecule has 2 aliphatic rings. The summed E-state index contributed by atoms with van der Waals surface area (Å²) in [5, 5.41) is 9.67. The molecule has 0 spiro atoms. The first-order valence-corrected chi connectivity index (χ1v) is 25.2. The van der Waals surface area contributed by atoms with E-state index in [2.05, 4.69) is 102 Å². The number of likely N-dealkylation sites (tertiary alicyclic amines) is 1. The lowest BCUT2D eigenvalue weighted by molar-refractivity contribution is -0.141. The third kappa shape index (κ3) is 9.98. The first kappa shape index (κ1) is 46.7. The van der Waals surface area contributed by atoms with Gasteiger partial charge in [-0.2, -0.15) is 0 Å². The number of amides is 3. The van der Waals surface area contributed by atoms with Gasteiger partial charge in [-0.25, -0.2) is 9.78 Å². The molecule has 14 heteroatoms. The Morgan fingerprint density at radius 1 is 0.859 bits per heavy atom. The van der Waals surface area contributed by atoms with E-state index in [0.717, 1.165) is 32.1 Å². The van der Waals surface area contributed by atoms with Crippen LogP contribution in [0.25, 0.3) is 10.4 Å². The second-order valence-electron chi connectivity index (χ2n) is 19.5. The molecule has 0 bridgehead atoms. The van der Waals surface area contributed by atoms with Crippen LogP contribution in [0.4, 0.5) is 10.6 Å². The Hall–Kier alpha value is -5.31. The summed E-state index contributed by atoms with van der Waals surface area (Å²) in [6.45, 7) is 22.5. The topological polar surface area (TPSA) is 130 Å². The Kier molecular flexibility index (Phi) is 13.9. The maximum absolute atomic E-state index is 15.2. The van der Waals surface area contributed by atoms with Crippen molar-refractivity contribution in [2.45, 2.75) is 110 Å². The highest BCUT2D eigenvalue weighted by molar-refractivity contribution is 7.13. The third-order valence-electron chi connectivity index (χ3n) is 12.4. The number of thiazole rings is 1. The lowest BCUT2D eigenvalue weighted by Gasteiger charge is -2.44. The summed E-state index contributed by atoms with van der Waals surface area (Å²) in [7, 11) is -3.05. The Bertz CT molecular complexity index is 2330. The minimum Gasteiger partial charge on any atom is -0.444 e. The van der Waals surface area contributed by atoms with Gasteiger partial charge in [-0.3, -0.25) is 9.59 Å². The largest absolute Gasteiger partial charge is 0.444 e.